The van der Waals surface area contributed by atoms with Crippen molar-refractivity contribution in [1.29, 1.82) is 0 Å². The van der Waals surface area contributed by atoms with E-state index in [1.54, 1.807) is 12.1 Å². The first-order chi connectivity index (χ1) is 18.3. The van der Waals surface area contributed by atoms with E-state index in [9.17, 15) is 9.59 Å². The van der Waals surface area contributed by atoms with Crippen molar-refractivity contribution in [3.8, 4) is 29.5 Å². The molecule has 1 saturated carbocycles. The molecule has 1 aliphatic carbocycles. The summed E-state index contributed by atoms with van der Waals surface area (Å²) in [5.41, 5.74) is 2.86. The summed E-state index contributed by atoms with van der Waals surface area (Å²) < 4.78 is 15.6. The normalized spacial score (nSPS) is 19.3. The number of hydrogen-bond donors (Lipinski definition) is 1. The molecule has 0 bridgehead atoms. The Balaban J connectivity index is 1.58. The van der Waals surface area contributed by atoms with E-state index in [4.69, 9.17) is 15.9 Å². The van der Waals surface area contributed by atoms with E-state index in [0.29, 0.717) is 30.0 Å². The molecule has 7 nitrogen and oxygen atoms in total. The Morgan fingerprint density at radius 2 is 1.87 bits per heavy atom. The highest BCUT2D eigenvalue weighted by Crippen LogP contribution is 2.35. The van der Waals surface area contributed by atoms with Crippen molar-refractivity contribution in [3.63, 3.8) is 0 Å². The lowest BCUT2D eigenvalue weighted by atomic mass is 9.75. The summed E-state index contributed by atoms with van der Waals surface area (Å²) in [7, 11) is 1.99. The van der Waals surface area contributed by atoms with Crippen molar-refractivity contribution < 1.29 is 23.6 Å². The molecular formula is C31H38N3O4+. The van der Waals surface area contributed by atoms with Crippen molar-refractivity contribution in [2.24, 2.45) is 24.8 Å². The molecule has 1 fully saturated rings. The number of fused-ring (bicyclic) bond motifs is 1. The van der Waals surface area contributed by atoms with Gasteiger partial charge < -0.3 is 9.47 Å². The van der Waals surface area contributed by atoms with E-state index in [1.807, 2.05) is 48.0 Å². The van der Waals surface area contributed by atoms with Gasteiger partial charge in [0.2, 0.25) is 0 Å². The van der Waals surface area contributed by atoms with Crippen LogP contribution in [-0.2, 0) is 27.9 Å². The number of imidazole rings is 1. The Bertz CT molecular complexity index is 1320. The van der Waals surface area contributed by atoms with Crippen LogP contribution in [0.4, 0.5) is 0 Å². The lowest BCUT2D eigenvalue weighted by Crippen LogP contribution is -2.37. The highest BCUT2D eigenvalue weighted by molar-refractivity contribution is 5.80. The predicted molar refractivity (Wildman–Crippen MR) is 147 cm³/mol. The van der Waals surface area contributed by atoms with Crippen LogP contribution in [-0.4, -0.2) is 35.7 Å². The van der Waals surface area contributed by atoms with Gasteiger partial charge in [-0.1, -0.05) is 45.2 Å². The Morgan fingerprint density at radius 1 is 1.13 bits per heavy atom. The van der Waals surface area contributed by atoms with Crippen LogP contribution < -0.4 is 14.6 Å². The average Bonchev–Trinajstić information content (AvgIpc) is 3.16. The zero-order chi connectivity index (χ0) is 27.2. The van der Waals surface area contributed by atoms with Crippen molar-refractivity contribution >= 4 is 23.0 Å². The van der Waals surface area contributed by atoms with E-state index < -0.39 is 5.97 Å². The summed E-state index contributed by atoms with van der Waals surface area (Å²) in [6, 6.07) is 15.3. The molecule has 1 N–H and O–H groups in total. The van der Waals surface area contributed by atoms with Gasteiger partial charge in [0.1, 0.15) is 11.9 Å². The topological polar surface area (TPSA) is 73.4 Å². The van der Waals surface area contributed by atoms with Crippen LogP contribution in [0.1, 0.15) is 40.0 Å². The molecule has 0 unspecified atom stereocenters. The van der Waals surface area contributed by atoms with Gasteiger partial charge in [0.15, 0.2) is 17.6 Å². The zero-order valence-corrected chi connectivity index (χ0v) is 22.8. The SMILES string of the molecule is C#CCNCC(=O)Oc1ccc(-c2n(CC(=O)O[C@@H]3C[C@H](C)CC[C@H]3C(C)C)c3ccccc3[n+]2C)cc1. The molecule has 4 rings (SSSR count). The molecule has 0 radical (unpaired) electrons. The first-order valence-electron chi connectivity index (χ1n) is 13.4. The van der Waals surface area contributed by atoms with Crippen molar-refractivity contribution in [2.75, 3.05) is 13.1 Å². The lowest BCUT2D eigenvalue weighted by molar-refractivity contribution is -0.634. The van der Waals surface area contributed by atoms with Crippen molar-refractivity contribution in [2.45, 2.75) is 52.7 Å². The molecule has 1 aliphatic rings. The second-order valence-electron chi connectivity index (χ2n) is 10.6. The summed E-state index contributed by atoms with van der Waals surface area (Å²) in [5.74, 6) is 4.53. The second kappa shape index (κ2) is 12.3. The maximum Gasteiger partial charge on any atom is 0.348 e. The molecule has 1 aromatic heterocycles. The van der Waals surface area contributed by atoms with Gasteiger partial charge in [-0.15, -0.1) is 6.42 Å². The summed E-state index contributed by atoms with van der Waals surface area (Å²) in [6.45, 7) is 7.12. The van der Waals surface area contributed by atoms with Crippen LogP contribution in [0.3, 0.4) is 0 Å². The molecule has 0 saturated heterocycles. The van der Waals surface area contributed by atoms with Crippen molar-refractivity contribution in [1.82, 2.24) is 9.88 Å². The molecule has 200 valence electrons. The number of nitrogens with zero attached hydrogens (tertiary/aromatic N) is 2. The number of nitrogens with one attached hydrogen (secondary N) is 1. The van der Waals surface area contributed by atoms with Crippen LogP contribution >= 0.6 is 0 Å². The minimum Gasteiger partial charge on any atom is -0.459 e. The number of esters is 2. The van der Waals surface area contributed by atoms with Crippen LogP contribution in [0.2, 0.25) is 0 Å². The maximum absolute atomic E-state index is 13.3. The number of carbonyl (C=O) groups is 2. The fourth-order valence-electron chi connectivity index (χ4n) is 5.56. The minimum atomic E-state index is -0.410. The predicted octanol–water partition coefficient (Wildman–Crippen LogP) is 4.27. The molecule has 0 aliphatic heterocycles. The first-order valence-corrected chi connectivity index (χ1v) is 13.4. The first kappa shape index (κ1) is 27.4. The number of terminal acetylenes is 1. The van der Waals surface area contributed by atoms with E-state index in [0.717, 1.165) is 35.3 Å². The molecular weight excluding hydrogens is 478 g/mol. The molecule has 2 aromatic carbocycles. The van der Waals surface area contributed by atoms with Crippen LogP contribution in [0, 0.1) is 30.1 Å². The van der Waals surface area contributed by atoms with Crippen LogP contribution in [0.25, 0.3) is 22.4 Å². The van der Waals surface area contributed by atoms with Gasteiger partial charge in [0.25, 0.3) is 5.82 Å². The fraction of sp³-hybridized carbons (Fsp3) is 0.452. The largest absolute Gasteiger partial charge is 0.459 e. The molecule has 7 heteroatoms. The lowest BCUT2D eigenvalue weighted by Gasteiger charge is -2.36. The number of ether oxygens (including phenoxy) is 2. The number of benzene rings is 2. The third-order valence-electron chi connectivity index (χ3n) is 7.48. The standard InChI is InChI=1S/C31H38N3O4/c1-6-17-32-19-29(35)37-24-14-12-23(13-15-24)31-33(5)26-9-7-8-10-27(26)34(31)20-30(36)38-28-18-22(4)11-16-25(28)21(2)3/h1,7-10,12-15,21-22,25,28,32H,11,16-20H2,2-5H3/q+1/t22-,25+,28-/m1/s1. The summed E-state index contributed by atoms with van der Waals surface area (Å²) >= 11 is 0. The number of carbonyl (C=O) groups excluding carboxylic acids is 2. The number of rotatable bonds is 9. The molecule has 3 atom stereocenters. The number of aryl methyl sites for hydroxylation is 1. The smallest absolute Gasteiger partial charge is 0.348 e. The summed E-state index contributed by atoms with van der Waals surface area (Å²) in [5, 5.41) is 2.82. The van der Waals surface area contributed by atoms with Crippen LogP contribution in [0.5, 0.6) is 5.75 Å². The highest BCUT2D eigenvalue weighted by Gasteiger charge is 2.34. The van der Waals surface area contributed by atoms with Gasteiger partial charge in [-0.05, 0) is 67.0 Å². The average molecular weight is 517 g/mol. The molecule has 0 spiro atoms. The summed E-state index contributed by atoms with van der Waals surface area (Å²) in [6.07, 6.45) is 8.35. The second-order valence-corrected chi connectivity index (χ2v) is 10.6. The monoisotopic (exact) mass is 516 g/mol. The molecule has 38 heavy (non-hydrogen) atoms. The number of hydrogen-bond acceptors (Lipinski definition) is 5. The summed E-state index contributed by atoms with van der Waals surface area (Å²) in [4.78, 5) is 25.4. The third-order valence-corrected chi connectivity index (χ3v) is 7.48. The Hall–Kier alpha value is -3.63. The number of para-hydroxylation sites is 2. The van der Waals surface area contributed by atoms with Gasteiger partial charge in [-0.3, -0.25) is 10.1 Å². The third kappa shape index (κ3) is 6.25. The van der Waals surface area contributed by atoms with Gasteiger partial charge in [-0.2, -0.15) is 0 Å². The van der Waals surface area contributed by atoms with Crippen LogP contribution in [0.15, 0.2) is 48.5 Å². The van der Waals surface area contributed by atoms with E-state index in [-0.39, 0.29) is 25.2 Å². The van der Waals surface area contributed by atoms with E-state index in [2.05, 4.69) is 36.6 Å². The Morgan fingerprint density at radius 3 is 2.58 bits per heavy atom. The van der Waals surface area contributed by atoms with Gasteiger partial charge >= 0.3 is 11.9 Å². The van der Waals surface area contributed by atoms with Crippen molar-refractivity contribution in [3.05, 3.63) is 48.5 Å². The Labute approximate surface area is 225 Å². The van der Waals surface area contributed by atoms with E-state index >= 15 is 0 Å². The highest BCUT2D eigenvalue weighted by atomic mass is 16.5. The molecule has 3 aromatic rings. The minimum absolute atomic E-state index is 0.0364. The quantitative estimate of drug-likeness (QED) is 0.151. The molecule has 1 heterocycles. The van der Waals surface area contributed by atoms with E-state index in [1.165, 1.54) is 6.42 Å². The Kier molecular flexibility index (Phi) is 8.85. The molecule has 0 amide bonds. The fourth-order valence-corrected chi connectivity index (χ4v) is 5.56. The van der Waals surface area contributed by atoms with Gasteiger partial charge in [-0.25, -0.2) is 13.9 Å². The zero-order valence-electron chi connectivity index (χ0n) is 22.8. The van der Waals surface area contributed by atoms with Gasteiger partial charge in [0, 0.05) is 0 Å². The van der Waals surface area contributed by atoms with Gasteiger partial charge in [0.05, 0.1) is 25.7 Å². The number of aromatic nitrogens is 2. The maximum atomic E-state index is 13.3.